The fourth-order valence-corrected chi connectivity index (χ4v) is 1.87. The number of piperidine rings is 1. The van der Waals surface area contributed by atoms with Crippen LogP contribution in [0.4, 0.5) is 0 Å². The standard InChI is InChI=1S/C12H19NO4/c1-8(9(2)12(15)16)11(14)13-6-4-5-10(7-13)17-3/h10H,4-7H2,1-3H3,(H,15,16). The quantitative estimate of drug-likeness (QED) is 0.750. The predicted molar refractivity (Wildman–Crippen MR) is 62.6 cm³/mol. The maximum absolute atomic E-state index is 12.1. The monoisotopic (exact) mass is 241 g/mol. The lowest BCUT2D eigenvalue weighted by Crippen LogP contribution is -2.43. The van der Waals surface area contributed by atoms with Crippen molar-refractivity contribution in [1.82, 2.24) is 4.90 Å². The first-order valence-electron chi connectivity index (χ1n) is 5.70. The smallest absolute Gasteiger partial charge is 0.331 e. The van der Waals surface area contributed by atoms with Crippen LogP contribution in [-0.2, 0) is 14.3 Å². The molecule has 1 aliphatic heterocycles. The molecule has 0 saturated carbocycles. The van der Waals surface area contributed by atoms with E-state index >= 15 is 0 Å². The van der Waals surface area contributed by atoms with Gasteiger partial charge in [-0.05, 0) is 26.7 Å². The van der Waals surface area contributed by atoms with E-state index in [1.54, 1.807) is 18.9 Å². The summed E-state index contributed by atoms with van der Waals surface area (Å²) in [4.78, 5) is 24.5. The fraction of sp³-hybridized carbons (Fsp3) is 0.667. The molecule has 0 bridgehead atoms. The van der Waals surface area contributed by atoms with Gasteiger partial charge in [-0.1, -0.05) is 0 Å². The summed E-state index contributed by atoms with van der Waals surface area (Å²) in [6.07, 6.45) is 1.90. The van der Waals surface area contributed by atoms with Crippen molar-refractivity contribution >= 4 is 11.9 Å². The molecule has 17 heavy (non-hydrogen) atoms. The summed E-state index contributed by atoms with van der Waals surface area (Å²) in [5.41, 5.74) is 0.406. The molecule has 0 spiro atoms. The van der Waals surface area contributed by atoms with Crippen molar-refractivity contribution in [3.05, 3.63) is 11.1 Å². The molecule has 1 unspecified atom stereocenters. The van der Waals surface area contributed by atoms with Crippen molar-refractivity contribution in [3.63, 3.8) is 0 Å². The van der Waals surface area contributed by atoms with Gasteiger partial charge in [0.25, 0.3) is 0 Å². The van der Waals surface area contributed by atoms with E-state index in [2.05, 4.69) is 0 Å². The number of nitrogens with zero attached hydrogens (tertiary/aromatic N) is 1. The third-order valence-electron chi connectivity index (χ3n) is 3.20. The highest BCUT2D eigenvalue weighted by Crippen LogP contribution is 2.16. The molecule has 0 aromatic carbocycles. The molecule has 1 saturated heterocycles. The molecule has 5 nitrogen and oxygen atoms in total. The minimum Gasteiger partial charge on any atom is -0.478 e. The van der Waals surface area contributed by atoms with Gasteiger partial charge in [0, 0.05) is 31.3 Å². The first-order valence-corrected chi connectivity index (χ1v) is 5.70. The van der Waals surface area contributed by atoms with Crippen LogP contribution in [0.15, 0.2) is 11.1 Å². The van der Waals surface area contributed by atoms with E-state index < -0.39 is 5.97 Å². The summed E-state index contributed by atoms with van der Waals surface area (Å²) in [6.45, 7) is 4.22. The highest BCUT2D eigenvalue weighted by atomic mass is 16.5. The number of carbonyl (C=O) groups is 2. The van der Waals surface area contributed by atoms with Gasteiger partial charge in [-0.3, -0.25) is 4.79 Å². The zero-order chi connectivity index (χ0) is 13.0. The first kappa shape index (κ1) is 13.7. The molecule has 1 amide bonds. The topological polar surface area (TPSA) is 66.8 Å². The van der Waals surface area contributed by atoms with Crippen LogP contribution in [0.3, 0.4) is 0 Å². The Kier molecular flexibility index (Phi) is 4.69. The fourth-order valence-electron chi connectivity index (χ4n) is 1.87. The van der Waals surface area contributed by atoms with E-state index in [-0.39, 0.29) is 17.6 Å². The Morgan fingerprint density at radius 1 is 1.29 bits per heavy atom. The molecule has 5 heteroatoms. The Hall–Kier alpha value is -1.36. The van der Waals surface area contributed by atoms with Crippen molar-refractivity contribution in [3.8, 4) is 0 Å². The number of carbonyl (C=O) groups excluding carboxylic acids is 1. The van der Waals surface area contributed by atoms with E-state index in [4.69, 9.17) is 9.84 Å². The van der Waals surface area contributed by atoms with Gasteiger partial charge in [-0.25, -0.2) is 4.79 Å². The molecule has 1 aliphatic rings. The third-order valence-corrected chi connectivity index (χ3v) is 3.20. The van der Waals surface area contributed by atoms with E-state index in [1.807, 2.05) is 0 Å². The molecule has 0 radical (unpaired) electrons. The van der Waals surface area contributed by atoms with Crippen LogP contribution in [0.25, 0.3) is 0 Å². The van der Waals surface area contributed by atoms with Crippen LogP contribution in [0, 0.1) is 0 Å². The second-order valence-electron chi connectivity index (χ2n) is 4.31. The SMILES string of the molecule is COC1CCCN(C(=O)C(C)=C(C)C(=O)O)C1. The van der Waals surface area contributed by atoms with Crippen molar-refractivity contribution in [2.45, 2.75) is 32.8 Å². The van der Waals surface area contributed by atoms with Crippen LogP contribution in [0.1, 0.15) is 26.7 Å². The number of ether oxygens (including phenoxy) is 1. The number of carboxylic acids is 1. The molecule has 0 aromatic rings. The van der Waals surface area contributed by atoms with Crippen LogP contribution in [-0.4, -0.2) is 48.2 Å². The lowest BCUT2D eigenvalue weighted by Gasteiger charge is -2.32. The maximum atomic E-state index is 12.1. The summed E-state index contributed by atoms with van der Waals surface area (Å²) in [6, 6.07) is 0. The van der Waals surface area contributed by atoms with Crippen LogP contribution < -0.4 is 0 Å². The van der Waals surface area contributed by atoms with E-state index in [0.29, 0.717) is 18.7 Å². The molecule has 1 heterocycles. The predicted octanol–water partition coefficient (Wildman–Crippen LogP) is 1.04. The number of carboxylic acid groups (broad SMARTS) is 1. The Morgan fingerprint density at radius 2 is 1.94 bits per heavy atom. The van der Waals surface area contributed by atoms with Crippen molar-refractivity contribution in [1.29, 1.82) is 0 Å². The second kappa shape index (κ2) is 5.82. The largest absolute Gasteiger partial charge is 0.478 e. The molecular weight excluding hydrogens is 222 g/mol. The average Bonchev–Trinajstić information content (AvgIpc) is 2.36. The molecule has 96 valence electrons. The Balaban J connectivity index is 2.76. The number of likely N-dealkylation sites (tertiary alicyclic amines) is 1. The number of aliphatic carboxylic acids is 1. The van der Waals surface area contributed by atoms with Gasteiger partial charge in [-0.15, -0.1) is 0 Å². The maximum Gasteiger partial charge on any atom is 0.331 e. The van der Waals surface area contributed by atoms with E-state index in [9.17, 15) is 9.59 Å². The molecule has 1 rings (SSSR count). The Morgan fingerprint density at radius 3 is 2.47 bits per heavy atom. The van der Waals surface area contributed by atoms with Gasteiger partial charge in [0.2, 0.25) is 5.91 Å². The van der Waals surface area contributed by atoms with Crippen LogP contribution in [0.5, 0.6) is 0 Å². The average molecular weight is 241 g/mol. The summed E-state index contributed by atoms with van der Waals surface area (Å²) in [5, 5.41) is 8.84. The van der Waals surface area contributed by atoms with Crippen molar-refractivity contribution in [2.75, 3.05) is 20.2 Å². The number of hydrogen-bond donors (Lipinski definition) is 1. The van der Waals surface area contributed by atoms with Gasteiger partial charge in [0.05, 0.1) is 6.10 Å². The Bertz CT molecular complexity index is 348. The minimum absolute atomic E-state index is 0.0608. The lowest BCUT2D eigenvalue weighted by atomic mass is 10.1. The summed E-state index contributed by atoms with van der Waals surface area (Å²) < 4.78 is 5.23. The highest BCUT2D eigenvalue weighted by molar-refractivity contribution is 6.01. The van der Waals surface area contributed by atoms with Gasteiger partial charge in [-0.2, -0.15) is 0 Å². The van der Waals surface area contributed by atoms with Crippen LogP contribution >= 0.6 is 0 Å². The van der Waals surface area contributed by atoms with Crippen molar-refractivity contribution < 1.29 is 19.4 Å². The molecular formula is C12H19NO4. The third kappa shape index (κ3) is 3.30. The molecule has 1 fully saturated rings. The minimum atomic E-state index is -1.05. The Labute approximate surface area is 101 Å². The van der Waals surface area contributed by atoms with Gasteiger partial charge < -0.3 is 14.7 Å². The molecule has 1 N–H and O–H groups in total. The number of hydrogen-bond acceptors (Lipinski definition) is 3. The lowest BCUT2D eigenvalue weighted by molar-refractivity contribution is -0.134. The van der Waals surface area contributed by atoms with Gasteiger partial charge >= 0.3 is 5.97 Å². The van der Waals surface area contributed by atoms with Crippen molar-refractivity contribution in [2.24, 2.45) is 0 Å². The molecule has 1 atom stereocenters. The summed E-state index contributed by atoms with van der Waals surface area (Å²) in [5.74, 6) is -1.25. The van der Waals surface area contributed by atoms with E-state index in [0.717, 1.165) is 12.8 Å². The normalized spacial score (nSPS) is 22.1. The first-order chi connectivity index (χ1) is 7.97. The number of amides is 1. The molecule has 0 aromatic heterocycles. The summed E-state index contributed by atoms with van der Waals surface area (Å²) >= 11 is 0. The molecule has 0 aliphatic carbocycles. The zero-order valence-corrected chi connectivity index (χ0v) is 10.5. The zero-order valence-electron chi connectivity index (χ0n) is 10.5. The number of methoxy groups -OCH3 is 1. The number of rotatable bonds is 3. The van der Waals surface area contributed by atoms with Gasteiger partial charge in [0.15, 0.2) is 0 Å². The summed E-state index contributed by atoms with van der Waals surface area (Å²) in [7, 11) is 1.63. The van der Waals surface area contributed by atoms with Gasteiger partial charge in [0.1, 0.15) is 0 Å². The van der Waals surface area contributed by atoms with E-state index in [1.165, 1.54) is 6.92 Å². The van der Waals surface area contributed by atoms with Crippen LogP contribution in [0.2, 0.25) is 0 Å². The second-order valence-corrected chi connectivity index (χ2v) is 4.31. The highest BCUT2D eigenvalue weighted by Gasteiger charge is 2.25.